The van der Waals surface area contributed by atoms with Gasteiger partial charge in [-0.25, -0.2) is 4.98 Å². The first-order valence-electron chi connectivity index (χ1n) is 11.6. The molecule has 0 spiro atoms. The first kappa shape index (κ1) is 25.7. The highest BCUT2D eigenvalue weighted by molar-refractivity contribution is 6.32. The maximum absolute atomic E-state index is 12.6. The van der Waals surface area contributed by atoms with Crippen molar-refractivity contribution in [1.29, 1.82) is 0 Å². The lowest BCUT2D eigenvalue weighted by atomic mass is 10.2. The topological polar surface area (TPSA) is 114 Å². The fourth-order valence-electron chi connectivity index (χ4n) is 3.98. The van der Waals surface area contributed by atoms with Crippen molar-refractivity contribution in [1.82, 2.24) is 24.8 Å². The number of hydrogen-bond acceptors (Lipinski definition) is 9. The summed E-state index contributed by atoms with van der Waals surface area (Å²) in [4.78, 5) is 37.7. The molecule has 2 aromatic heterocycles. The molecule has 1 aromatic carbocycles. The number of aryl methyl sites for hydroxylation is 1. The smallest absolute Gasteiger partial charge is 0.293 e. The Morgan fingerprint density at radius 2 is 1.97 bits per heavy atom. The molecule has 192 valence electrons. The van der Waals surface area contributed by atoms with Crippen LogP contribution < -0.4 is 25.8 Å². The van der Waals surface area contributed by atoms with Crippen molar-refractivity contribution in [2.24, 2.45) is 7.05 Å². The molecule has 0 bridgehead atoms. The molecule has 4 rings (SSSR count). The fraction of sp³-hybridized carbons (Fsp3) is 0.417. The van der Waals surface area contributed by atoms with Gasteiger partial charge >= 0.3 is 0 Å². The van der Waals surface area contributed by atoms with Gasteiger partial charge in [-0.1, -0.05) is 11.6 Å². The number of amides is 1. The number of likely N-dealkylation sites (N-methyl/N-ethyl adjacent to an activating group) is 1. The van der Waals surface area contributed by atoms with Crippen LogP contribution in [0.15, 0.2) is 35.3 Å². The Morgan fingerprint density at radius 3 is 2.69 bits per heavy atom. The fourth-order valence-corrected chi connectivity index (χ4v) is 4.11. The van der Waals surface area contributed by atoms with Crippen molar-refractivity contribution in [2.45, 2.75) is 0 Å². The molecule has 0 radical (unpaired) electrons. The van der Waals surface area contributed by atoms with E-state index in [0.717, 1.165) is 49.3 Å². The zero-order valence-electron chi connectivity index (χ0n) is 20.6. The molecule has 0 saturated carbocycles. The summed E-state index contributed by atoms with van der Waals surface area (Å²) in [5.74, 6) is 0.876. The third-order valence-corrected chi connectivity index (χ3v) is 6.37. The molecule has 0 atom stereocenters. The number of ether oxygens (including phenoxy) is 2. The van der Waals surface area contributed by atoms with E-state index in [2.05, 4.69) is 30.4 Å². The number of pyridine rings is 1. The largest absolute Gasteiger partial charge is 0.478 e. The lowest BCUT2D eigenvalue weighted by Crippen LogP contribution is -2.47. The van der Waals surface area contributed by atoms with Crippen LogP contribution in [0, 0.1) is 0 Å². The van der Waals surface area contributed by atoms with Crippen LogP contribution in [-0.2, 0) is 16.6 Å². The van der Waals surface area contributed by atoms with Crippen molar-refractivity contribution in [2.75, 3.05) is 70.3 Å². The van der Waals surface area contributed by atoms with Gasteiger partial charge < -0.3 is 29.6 Å². The van der Waals surface area contributed by atoms with Crippen molar-refractivity contribution in [3.63, 3.8) is 0 Å². The molecule has 11 nitrogen and oxygen atoms in total. The van der Waals surface area contributed by atoms with E-state index in [-0.39, 0.29) is 23.8 Å². The first-order valence-corrected chi connectivity index (χ1v) is 12.0. The second-order valence-corrected chi connectivity index (χ2v) is 8.83. The Bertz CT molecular complexity index is 1290. The molecule has 3 aromatic rings. The normalized spacial score (nSPS) is 14.2. The third-order valence-electron chi connectivity index (χ3n) is 6.09. The number of nitrogens with zero attached hydrogens (tertiary/aromatic N) is 5. The number of anilines is 3. The van der Waals surface area contributed by atoms with Crippen LogP contribution in [0.2, 0.25) is 5.02 Å². The van der Waals surface area contributed by atoms with Crippen LogP contribution in [0.4, 0.5) is 17.5 Å². The maximum Gasteiger partial charge on any atom is 0.293 e. The van der Waals surface area contributed by atoms with Gasteiger partial charge in [-0.3, -0.25) is 14.5 Å². The Hall–Kier alpha value is -3.41. The molecule has 2 N–H and O–H groups in total. The van der Waals surface area contributed by atoms with Gasteiger partial charge in [-0.15, -0.1) is 0 Å². The van der Waals surface area contributed by atoms with Crippen LogP contribution in [0.25, 0.3) is 10.9 Å². The SMILES string of the molecule is CNC(=O)COc1cc2cc(Nc3nc(N4CCN(CCOC)CC4)ncc3Cl)ccc2n(C)c1=O. The van der Waals surface area contributed by atoms with E-state index in [4.69, 9.17) is 21.1 Å². The first-order chi connectivity index (χ1) is 17.4. The number of aromatic nitrogens is 3. The summed E-state index contributed by atoms with van der Waals surface area (Å²) in [6.45, 7) is 4.83. The number of benzene rings is 1. The molecule has 1 amide bonds. The minimum Gasteiger partial charge on any atom is -0.478 e. The highest BCUT2D eigenvalue weighted by Crippen LogP contribution is 2.28. The highest BCUT2D eigenvalue weighted by atomic mass is 35.5. The lowest BCUT2D eigenvalue weighted by Gasteiger charge is -2.34. The van der Waals surface area contributed by atoms with Crippen LogP contribution in [-0.4, -0.2) is 85.4 Å². The number of nitrogens with one attached hydrogen (secondary N) is 2. The summed E-state index contributed by atoms with van der Waals surface area (Å²) in [6, 6.07) is 7.17. The average molecular weight is 516 g/mol. The van der Waals surface area contributed by atoms with Gasteiger partial charge in [0.1, 0.15) is 5.02 Å². The van der Waals surface area contributed by atoms with Gasteiger partial charge in [0, 0.05) is 65.0 Å². The Labute approximate surface area is 214 Å². The molecular weight excluding hydrogens is 486 g/mol. The molecule has 0 aliphatic carbocycles. The van der Waals surface area contributed by atoms with Gasteiger partial charge in [-0.05, 0) is 24.3 Å². The van der Waals surface area contributed by atoms with Gasteiger partial charge in [0.2, 0.25) is 5.95 Å². The van der Waals surface area contributed by atoms with Gasteiger partial charge in [0.25, 0.3) is 11.5 Å². The zero-order chi connectivity index (χ0) is 25.7. The monoisotopic (exact) mass is 515 g/mol. The minimum atomic E-state index is -0.321. The number of hydrogen-bond donors (Lipinski definition) is 2. The van der Waals surface area contributed by atoms with E-state index in [9.17, 15) is 9.59 Å². The van der Waals surface area contributed by atoms with E-state index >= 15 is 0 Å². The summed E-state index contributed by atoms with van der Waals surface area (Å²) >= 11 is 6.41. The van der Waals surface area contributed by atoms with Crippen molar-refractivity contribution in [3.05, 3.63) is 45.8 Å². The number of rotatable bonds is 9. The predicted molar refractivity (Wildman–Crippen MR) is 140 cm³/mol. The van der Waals surface area contributed by atoms with E-state index < -0.39 is 0 Å². The second-order valence-electron chi connectivity index (χ2n) is 8.42. The van der Waals surface area contributed by atoms with Crippen LogP contribution in [0.3, 0.4) is 0 Å². The number of carbonyl (C=O) groups is 1. The van der Waals surface area contributed by atoms with E-state index in [1.807, 2.05) is 18.2 Å². The standard InChI is InChI=1S/C24H30ClN7O4/c1-26-21(33)15-36-20-13-16-12-17(4-5-19(16)30(2)23(20)34)28-22-18(25)14-27-24(29-22)32-8-6-31(7-9-32)10-11-35-3/h4-5,12-14H,6-11,15H2,1-3H3,(H,26,33)(H,27,28,29). The predicted octanol–water partition coefficient (Wildman–Crippen LogP) is 1.62. The number of halogens is 1. The van der Waals surface area contributed by atoms with Gasteiger partial charge in [0.05, 0.1) is 18.3 Å². The summed E-state index contributed by atoms with van der Waals surface area (Å²) in [5.41, 5.74) is 1.13. The summed E-state index contributed by atoms with van der Waals surface area (Å²) in [7, 11) is 4.88. The number of methoxy groups -OCH3 is 1. The molecule has 36 heavy (non-hydrogen) atoms. The highest BCUT2D eigenvalue weighted by Gasteiger charge is 2.20. The van der Waals surface area contributed by atoms with Crippen molar-refractivity contribution < 1.29 is 14.3 Å². The molecule has 1 saturated heterocycles. The number of piperazine rings is 1. The molecule has 1 aliphatic rings. The van der Waals surface area contributed by atoms with Crippen LogP contribution in [0.5, 0.6) is 5.75 Å². The van der Waals surface area contributed by atoms with E-state index in [0.29, 0.717) is 23.4 Å². The summed E-state index contributed by atoms with van der Waals surface area (Å²) < 4.78 is 12.1. The van der Waals surface area contributed by atoms with Gasteiger partial charge in [-0.2, -0.15) is 4.98 Å². The second kappa shape index (κ2) is 11.5. The van der Waals surface area contributed by atoms with E-state index in [1.165, 1.54) is 11.6 Å². The molecule has 3 heterocycles. The van der Waals surface area contributed by atoms with E-state index in [1.54, 1.807) is 26.4 Å². The lowest BCUT2D eigenvalue weighted by molar-refractivity contribution is -0.122. The molecule has 0 unspecified atom stereocenters. The van der Waals surface area contributed by atoms with Crippen molar-refractivity contribution in [3.8, 4) is 5.75 Å². The molecular formula is C24H30ClN7O4. The number of fused-ring (bicyclic) bond motifs is 1. The summed E-state index contributed by atoms with van der Waals surface area (Å²) in [5, 5.41) is 6.88. The Morgan fingerprint density at radius 1 is 1.19 bits per heavy atom. The number of carbonyl (C=O) groups excluding carboxylic acids is 1. The molecule has 1 fully saturated rings. The zero-order valence-corrected chi connectivity index (χ0v) is 21.3. The van der Waals surface area contributed by atoms with Crippen LogP contribution in [0.1, 0.15) is 0 Å². The summed E-state index contributed by atoms with van der Waals surface area (Å²) in [6.07, 6.45) is 1.60. The van der Waals surface area contributed by atoms with Crippen LogP contribution >= 0.6 is 11.6 Å². The van der Waals surface area contributed by atoms with Gasteiger partial charge in [0.15, 0.2) is 18.2 Å². The minimum absolute atomic E-state index is 0.0951. The third kappa shape index (κ3) is 5.86. The Kier molecular flexibility index (Phi) is 8.24. The molecule has 1 aliphatic heterocycles. The van der Waals surface area contributed by atoms with Crippen molar-refractivity contribution >= 4 is 45.9 Å². The molecule has 12 heteroatoms. The average Bonchev–Trinajstić information content (AvgIpc) is 2.90. The quantitative estimate of drug-likeness (QED) is 0.438. The Balaban J connectivity index is 1.53. The maximum atomic E-state index is 12.6.